The van der Waals surface area contributed by atoms with Crippen LogP contribution in [0.25, 0.3) is 0 Å². The van der Waals surface area contributed by atoms with Gasteiger partial charge in [-0.25, -0.2) is 4.39 Å². The highest BCUT2D eigenvalue weighted by Crippen LogP contribution is 2.20. The summed E-state index contributed by atoms with van der Waals surface area (Å²) in [5, 5.41) is 0. The highest BCUT2D eigenvalue weighted by molar-refractivity contribution is 5.49. The molecule has 0 aliphatic carbocycles. The summed E-state index contributed by atoms with van der Waals surface area (Å²) in [7, 11) is 1.67. The van der Waals surface area contributed by atoms with E-state index in [1.807, 2.05) is 37.8 Å². The summed E-state index contributed by atoms with van der Waals surface area (Å²) in [6, 6.07) is 5.32. The molecule has 2 nitrogen and oxygen atoms in total. The van der Waals surface area contributed by atoms with Crippen LogP contribution in [-0.2, 0) is 4.74 Å². The number of likely N-dealkylation sites (N-methyl/N-ethyl adjacent to an activating group) is 1. The van der Waals surface area contributed by atoms with Crippen molar-refractivity contribution < 1.29 is 9.13 Å². The van der Waals surface area contributed by atoms with Crippen molar-refractivity contribution in [2.45, 2.75) is 26.9 Å². The van der Waals surface area contributed by atoms with E-state index in [2.05, 4.69) is 0 Å². The number of rotatable bonds is 5. The Bertz CT molecular complexity index is 341. The number of aryl methyl sites for hydroxylation is 1. The van der Waals surface area contributed by atoms with Gasteiger partial charge in [0.2, 0.25) is 0 Å². The maximum Gasteiger partial charge on any atom is 0.146 e. The SMILES string of the molecule is CCN(CC(C)OC)c1ccc(C)cc1F. The molecule has 90 valence electrons. The van der Waals surface area contributed by atoms with E-state index in [1.165, 1.54) is 0 Å². The normalized spacial score (nSPS) is 12.6. The molecule has 0 spiro atoms. The number of anilines is 1. The van der Waals surface area contributed by atoms with Gasteiger partial charge >= 0.3 is 0 Å². The molecule has 1 aromatic carbocycles. The summed E-state index contributed by atoms with van der Waals surface area (Å²) < 4.78 is 19.0. The smallest absolute Gasteiger partial charge is 0.146 e. The Hall–Kier alpha value is -1.09. The fourth-order valence-electron chi connectivity index (χ4n) is 1.65. The van der Waals surface area contributed by atoms with Crippen molar-refractivity contribution in [1.29, 1.82) is 0 Å². The first-order chi connectivity index (χ1) is 7.58. The minimum Gasteiger partial charge on any atom is -0.380 e. The molecule has 1 unspecified atom stereocenters. The molecule has 0 aromatic heterocycles. The molecule has 0 heterocycles. The first-order valence-electron chi connectivity index (χ1n) is 5.62. The third-order valence-corrected chi connectivity index (χ3v) is 2.71. The highest BCUT2D eigenvalue weighted by atomic mass is 19.1. The van der Waals surface area contributed by atoms with E-state index in [9.17, 15) is 4.39 Å². The van der Waals surface area contributed by atoms with Crippen LogP contribution in [0.4, 0.5) is 10.1 Å². The lowest BCUT2D eigenvalue weighted by Crippen LogP contribution is -2.32. The molecule has 16 heavy (non-hydrogen) atoms. The third kappa shape index (κ3) is 3.20. The Morgan fingerprint density at radius 3 is 2.62 bits per heavy atom. The van der Waals surface area contributed by atoms with Crippen molar-refractivity contribution in [3.8, 4) is 0 Å². The summed E-state index contributed by atoms with van der Waals surface area (Å²) in [6.07, 6.45) is 0.0978. The Morgan fingerprint density at radius 2 is 2.12 bits per heavy atom. The van der Waals surface area contributed by atoms with Gasteiger partial charge in [-0.05, 0) is 38.5 Å². The number of hydrogen-bond donors (Lipinski definition) is 0. The van der Waals surface area contributed by atoms with Crippen molar-refractivity contribution in [3.05, 3.63) is 29.6 Å². The summed E-state index contributed by atoms with van der Waals surface area (Å²) >= 11 is 0. The minimum atomic E-state index is -0.162. The molecular weight excluding hydrogens is 205 g/mol. The molecular formula is C13H20FNO. The van der Waals surface area contributed by atoms with Crippen molar-refractivity contribution in [2.24, 2.45) is 0 Å². The molecule has 0 saturated heterocycles. The van der Waals surface area contributed by atoms with E-state index < -0.39 is 0 Å². The Balaban J connectivity index is 2.86. The van der Waals surface area contributed by atoms with Crippen molar-refractivity contribution in [2.75, 3.05) is 25.1 Å². The number of hydrogen-bond acceptors (Lipinski definition) is 2. The van der Waals surface area contributed by atoms with E-state index in [0.717, 1.165) is 12.1 Å². The van der Waals surface area contributed by atoms with Crippen LogP contribution in [0.5, 0.6) is 0 Å². The van der Waals surface area contributed by atoms with Gasteiger partial charge in [-0.3, -0.25) is 0 Å². The number of nitrogens with zero attached hydrogens (tertiary/aromatic N) is 1. The van der Waals surface area contributed by atoms with Crippen molar-refractivity contribution in [3.63, 3.8) is 0 Å². The van der Waals surface area contributed by atoms with Gasteiger partial charge in [-0.2, -0.15) is 0 Å². The Morgan fingerprint density at radius 1 is 1.44 bits per heavy atom. The van der Waals surface area contributed by atoms with Crippen molar-refractivity contribution >= 4 is 5.69 Å². The van der Waals surface area contributed by atoms with E-state index >= 15 is 0 Å². The van der Waals surface area contributed by atoms with Gasteiger partial charge in [0.15, 0.2) is 0 Å². The van der Waals surface area contributed by atoms with Crippen LogP contribution in [0.15, 0.2) is 18.2 Å². The van der Waals surface area contributed by atoms with Gasteiger partial charge in [-0.15, -0.1) is 0 Å². The third-order valence-electron chi connectivity index (χ3n) is 2.71. The zero-order valence-electron chi connectivity index (χ0n) is 10.5. The zero-order chi connectivity index (χ0) is 12.1. The van der Waals surface area contributed by atoms with Crippen LogP contribution in [0, 0.1) is 12.7 Å². The fourth-order valence-corrected chi connectivity index (χ4v) is 1.65. The second-order valence-electron chi connectivity index (χ2n) is 4.04. The molecule has 0 amide bonds. The van der Waals surface area contributed by atoms with Gasteiger partial charge in [0, 0.05) is 20.2 Å². The summed E-state index contributed by atoms with van der Waals surface area (Å²) in [4.78, 5) is 1.99. The van der Waals surface area contributed by atoms with E-state index in [0.29, 0.717) is 12.2 Å². The second-order valence-corrected chi connectivity index (χ2v) is 4.04. The van der Waals surface area contributed by atoms with Gasteiger partial charge in [0.05, 0.1) is 11.8 Å². The van der Waals surface area contributed by atoms with Crippen LogP contribution in [0.2, 0.25) is 0 Å². The molecule has 1 atom stereocenters. The lowest BCUT2D eigenvalue weighted by Gasteiger charge is -2.26. The molecule has 3 heteroatoms. The predicted octanol–water partition coefficient (Wildman–Crippen LogP) is 3.00. The number of benzene rings is 1. The Labute approximate surface area is 97.0 Å². The molecule has 0 fully saturated rings. The zero-order valence-corrected chi connectivity index (χ0v) is 10.5. The molecule has 0 N–H and O–H groups in total. The van der Waals surface area contributed by atoms with E-state index in [1.54, 1.807) is 13.2 Å². The molecule has 0 bridgehead atoms. The van der Waals surface area contributed by atoms with Crippen LogP contribution in [0.3, 0.4) is 0 Å². The average Bonchev–Trinajstić information content (AvgIpc) is 2.26. The van der Waals surface area contributed by atoms with E-state index in [4.69, 9.17) is 4.74 Å². The number of ether oxygens (including phenoxy) is 1. The van der Waals surface area contributed by atoms with Crippen LogP contribution < -0.4 is 4.90 Å². The van der Waals surface area contributed by atoms with Crippen LogP contribution >= 0.6 is 0 Å². The average molecular weight is 225 g/mol. The maximum absolute atomic E-state index is 13.8. The lowest BCUT2D eigenvalue weighted by molar-refractivity contribution is 0.123. The number of halogens is 1. The van der Waals surface area contributed by atoms with Gasteiger partial charge in [0.25, 0.3) is 0 Å². The first-order valence-corrected chi connectivity index (χ1v) is 5.62. The summed E-state index contributed by atoms with van der Waals surface area (Å²) in [5.74, 6) is -0.162. The minimum absolute atomic E-state index is 0.0978. The highest BCUT2D eigenvalue weighted by Gasteiger charge is 2.12. The van der Waals surface area contributed by atoms with Gasteiger partial charge in [0.1, 0.15) is 5.82 Å². The standard InChI is InChI=1S/C13H20FNO/c1-5-15(9-11(3)16-4)13-7-6-10(2)8-12(13)14/h6-8,11H,5,9H2,1-4H3. The van der Waals surface area contributed by atoms with Crippen LogP contribution in [0.1, 0.15) is 19.4 Å². The summed E-state index contributed by atoms with van der Waals surface area (Å²) in [5.41, 5.74) is 1.59. The number of methoxy groups -OCH3 is 1. The van der Waals surface area contributed by atoms with Crippen LogP contribution in [-0.4, -0.2) is 26.3 Å². The quantitative estimate of drug-likeness (QED) is 0.763. The molecule has 0 aliphatic heterocycles. The monoisotopic (exact) mass is 225 g/mol. The van der Waals surface area contributed by atoms with E-state index in [-0.39, 0.29) is 11.9 Å². The molecule has 0 radical (unpaired) electrons. The molecule has 1 aromatic rings. The second kappa shape index (κ2) is 5.85. The largest absolute Gasteiger partial charge is 0.380 e. The van der Waals surface area contributed by atoms with Crippen molar-refractivity contribution in [1.82, 2.24) is 0 Å². The fraction of sp³-hybridized carbons (Fsp3) is 0.538. The maximum atomic E-state index is 13.8. The molecule has 0 aliphatic rings. The first kappa shape index (κ1) is 13.0. The topological polar surface area (TPSA) is 12.5 Å². The molecule has 1 rings (SSSR count). The van der Waals surface area contributed by atoms with Gasteiger partial charge < -0.3 is 9.64 Å². The van der Waals surface area contributed by atoms with Gasteiger partial charge in [-0.1, -0.05) is 6.07 Å². The lowest BCUT2D eigenvalue weighted by atomic mass is 10.2. The Kier molecular flexibility index (Phi) is 4.74. The summed E-state index contributed by atoms with van der Waals surface area (Å²) in [6.45, 7) is 7.36. The molecule has 0 saturated carbocycles. The predicted molar refractivity (Wildman–Crippen MR) is 65.5 cm³/mol.